The van der Waals surface area contributed by atoms with Crippen LogP contribution in [0.25, 0.3) is 0 Å². The minimum Gasteiger partial charge on any atom is -0.336 e. The van der Waals surface area contributed by atoms with Crippen LogP contribution in [0.1, 0.15) is 30.2 Å². The molecule has 3 nitrogen and oxygen atoms in total. The Morgan fingerprint density at radius 3 is 2.69 bits per heavy atom. The highest BCUT2D eigenvalue weighted by molar-refractivity contribution is 6.30. The number of nitrogens with two attached hydrogens (primary N) is 1. The molecule has 0 unspecified atom stereocenters. The SMILES string of the molecule is CC(C)n1cc(C(=O)CN)cc1Cl. The number of aromatic nitrogens is 1. The monoisotopic (exact) mass is 200 g/mol. The molecule has 1 aromatic heterocycles. The van der Waals surface area contributed by atoms with E-state index in [4.69, 9.17) is 17.3 Å². The predicted molar refractivity (Wildman–Crippen MR) is 53.2 cm³/mol. The number of hydrogen-bond donors (Lipinski definition) is 1. The molecule has 0 aliphatic heterocycles. The van der Waals surface area contributed by atoms with Gasteiger partial charge in [-0.15, -0.1) is 0 Å². The van der Waals surface area contributed by atoms with Crippen LogP contribution in [0.3, 0.4) is 0 Å². The van der Waals surface area contributed by atoms with E-state index in [1.54, 1.807) is 12.3 Å². The molecule has 0 saturated heterocycles. The van der Waals surface area contributed by atoms with Gasteiger partial charge in [-0.2, -0.15) is 0 Å². The zero-order chi connectivity index (χ0) is 10.0. The molecule has 0 aliphatic rings. The fourth-order valence-electron chi connectivity index (χ4n) is 1.12. The molecular formula is C9H13ClN2O. The molecule has 0 atom stereocenters. The quantitative estimate of drug-likeness (QED) is 0.758. The summed E-state index contributed by atoms with van der Waals surface area (Å²) in [5, 5.41) is 0.576. The van der Waals surface area contributed by atoms with Crippen molar-refractivity contribution in [2.24, 2.45) is 5.73 Å². The first-order valence-corrected chi connectivity index (χ1v) is 4.54. The van der Waals surface area contributed by atoms with E-state index >= 15 is 0 Å². The van der Waals surface area contributed by atoms with Crippen LogP contribution in [0.5, 0.6) is 0 Å². The highest BCUT2D eigenvalue weighted by Gasteiger charge is 2.10. The first-order chi connectivity index (χ1) is 6.06. The average molecular weight is 201 g/mol. The minimum atomic E-state index is -0.0821. The molecule has 1 heterocycles. The van der Waals surface area contributed by atoms with Crippen molar-refractivity contribution in [1.29, 1.82) is 0 Å². The summed E-state index contributed by atoms with van der Waals surface area (Å²) in [5.41, 5.74) is 5.82. The molecule has 0 fully saturated rings. The van der Waals surface area contributed by atoms with Crippen molar-refractivity contribution < 1.29 is 4.79 Å². The van der Waals surface area contributed by atoms with Gasteiger partial charge in [0.1, 0.15) is 5.15 Å². The van der Waals surface area contributed by atoms with Gasteiger partial charge in [0.25, 0.3) is 0 Å². The summed E-state index contributed by atoms with van der Waals surface area (Å²) in [6.45, 7) is 4.03. The molecule has 1 aromatic rings. The Balaban J connectivity index is 3.02. The second-order valence-electron chi connectivity index (χ2n) is 3.18. The van der Waals surface area contributed by atoms with Crippen molar-refractivity contribution >= 4 is 17.4 Å². The van der Waals surface area contributed by atoms with Crippen molar-refractivity contribution in [2.45, 2.75) is 19.9 Å². The summed E-state index contributed by atoms with van der Waals surface area (Å²) < 4.78 is 1.84. The number of carbonyl (C=O) groups excluding carboxylic acids is 1. The maximum atomic E-state index is 11.2. The van der Waals surface area contributed by atoms with Crippen LogP contribution in [-0.2, 0) is 0 Å². The number of hydrogen-bond acceptors (Lipinski definition) is 2. The molecule has 0 saturated carbocycles. The number of carbonyl (C=O) groups is 1. The maximum absolute atomic E-state index is 11.2. The fraction of sp³-hybridized carbons (Fsp3) is 0.444. The molecule has 0 radical (unpaired) electrons. The van der Waals surface area contributed by atoms with E-state index < -0.39 is 0 Å². The van der Waals surface area contributed by atoms with Gasteiger partial charge in [-0.05, 0) is 19.9 Å². The lowest BCUT2D eigenvalue weighted by Gasteiger charge is -2.07. The third-order valence-corrected chi connectivity index (χ3v) is 2.17. The lowest BCUT2D eigenvalue weighted by Crippen LogP contribution is -2.12. The van der Waals surface area contributed by atoms with Crippen molar-refractivity contribution in [3.8, 4) is 0 Å². The normalized spacial score (nSPS) is 10.8. The molecule has 0 amide bonds. The van der Waals surface area contributed by atoms with Crippen LogP contribution in [0.2, 0.25) is 5.15 Å². The Kier molecular flexibility index (Phi) is 3.12. The maximum Gasteiger partial charge on any atom is 0.177 e. The van der Waals surface area contributed by atoms with Gasteiger partial charge < -0.3 is 10.3 Å². The van der Waals surface area contributed by atoms with E-state index in [0.29, 0.717) is 10.7 Å². The second kappa shape index (κ2) is 3.94. The van der Waals surface area contributed by atoms with E-state index in [9.17, 15) is 4.79 Å². The zero-order valence-electron chi connectivity index (χ0n) is 7.75. The molecular weight excluding hydrogens is 188 g/mol. The summed E-state index contributed by atoms with van der Waals surface area (Å²) in [6, 6.07) is 1.91. The van der Waals surface area contributed by atoms with Crippen molar-refractivity contribution in [3.63, 3.8) is 0 Å². The Bertz CT molecular complexity index is 317. The molecule has 0 spiro atoms. The minimum absolute atomic E-state index is 0.0262. The van der Waals surface area contributed by atoms with Gasteiger partial charge in [0.05, 0.1) is 6.54 Å². The summed E-state index contributed by atoms with van der Waals surface area (Å²) in [4.78, 5) is 11.2. The lowest BCUT2D eigenvalue weighted by atomic mass is 10.2. The number of Topliss-reactive ketones (excluding diaryl/α,β-unsaturated/α-hetero) is 1. The van der Waals surface area contributed by atoms with Crippen molar-refractivity contribution in [2.75, 3.05) is 6.54 Å². The Labute approximate surface area is 82.5 Å². The van der Waals surface area contributed by atoms with Crippen LogP contribution < -0.4 is 5.73 Å². The molecule has 0 bridgehead atoms. The number of ketones is 1. The third kappa shape index (κ3) is 2.11. The molecule has 13 heavy (non-hydrogen) atoms. The van der Waals surface area contributed by atoms with E-state index in [-0.39, 0.29) is 18.4 Å². The topological polar surface area (TPSA) is 48.0 Å². The van der Waals surface area contributed by atoms with Gasteiger partial charge in [0, 0.05) is 17.8 Å². The number of nitrogens with zero attached hydrogens (tertiary/aromatic N) is 1. The second-order valence-corrected chi connectivity index (χ2v) is 3.57. The van der Waals surface area contributed by atoms with Gasteiger partial charge in [0.15, 0.2) is 5.78 Å². The smallest absolute Gasteiger partial charge is 0.177 e. The average Bonchev–Trinajstić information content (AvgIpc) is 2.46. The number of rotatable bonds is 3. The standard InChI is InChI=1S/C9H13ClN2O/c1-6(2)12-5-7(3-9(12)10)8(13)4-11/h3,5-6H,4,11H2,1-2H3. The summed E-state index contributed by atoms with van der Waals surface area (Å²) >= 11 is 5.91. The van der Waals surface area contributed by atoms with Crippen molar-refractivity contribution in [3.05, 3.63) is 23.0 Å². The van der Waals surface area contributed by atoms with E-state index in [0.717, 1.165) is 0 Å². The molecule has 4 heteroatoms. The Morgan fingerprint density at radius 1 is 1.69 bits per heavy atom. The van der Waals surface area contributed by atoms with Gasteiger partial charge in [-0.3, -0.25) is 4.79 Å². The third-order valence-electron chi connectivity index (χ3n) is 1.86. The van der Waals surface area contributed by atoms with Crippen LogP contribution in [-0.4, -0.2) is 16.9 Å². The van der Waals surface area contributed by atoms with Crippen molar-refractivity contribution in [1.82, 2.24) is 4.57 Å². The largest absolute Gasteiger partial charge is 0.336 e. The van der Waals surface area contributed by atoms with E-state index in [1.165, 1.54) is 0 Å². The van der Waals surface area contributed by atoms with E-state index in [2.05, 4.69) is 0 Å². The van der Waals surface area contributed by atoms with Gasteiger partial charge in [0.2, 0.25) is 0 Å². The first kappa shape index (κ1) is 10.3. The highest BCUT2D eigenvalue weighted by atomic mass is 35.5. The van der Waals surface area contributed by atoms with Crippen LogP contribution in [0.4, 0.5) is 0 Å². The van der Waals surface area contributed by atoms with Gasteiger partial charge >= 0.3 is 0 Å². The fourth-order valence-corrected chi connectivity index (χ4v) is 1.48. The highest BCUT2D eigenvalue weighted by Crippen LogP contribution is 2.19. The number of halogens is 1. The van der Waals surface area contributed by atoms with E-state index in [1.807, 2.05) is 18.4 Å². The van der Waals surface area contributed by atoms with Crippen LogP contribution in [0, 0.1) is 0 Å². The van der Waals surface area contributed by atoms with Crippen LogP contribution in [0.15, 0.2) is 12.3 Å². The summed E-state index contributed by atoms with van der Waals surface area (Å²) in [7, 11) is 0. The molecule has 72 valence electrons. The van der Waals surface area contributed by atoms with Crippen LogP contribution >= 0.6 is 11.6 Å². The predicted octanol–water partition coefficient (Wildman–Crippen LogP) is 1.86. The molecule has 1 rings (SSSR count). The summed E-state index contributed by atoms with van der Waals surface area (Å²) in [6.07, 6.45) is 1.74. The van der Waals surface area contributed by atoms with Gasteiger partial charge in [-0.1, -0.05) is 11.6 Å². The first-order valence-electron chi connectivity index (χ1n) is 4.17. The molecule has 0 aliphatic carbocycles. The zero-order valence-corrected chi connectivity index (χ0v) is 8.51. The Morgan fingerprint density at radius 2 is 2.31 bits per heavy atom. The lowest BCUT2D eigenvalue weighted by molar-refractivity contribution is 0.100. The van der Waals surface area contributed by atoms with Gasteiger partial charge in [-0.25, -0.2) is 0 Å². The molecule has 0 aromatic carbocycles. The molecule has 2 N–H and O–H groups in total. The summed E-state index contributed by atoms with van der Waals surface area (Å²) in [5.74, 6) is -0.0821. The Hall–Kier alpha value is -0.800.